The molecular weight excluding hydrogens is 514 g/mol. The van der Waals surface area contributed by atoms with Gasteiger partial charge in [0, 0.05) is 25.3 Å². The van der Waals surface area contributed by atoms with Crippen molar-refractivity contribution in [3.63, 3.8) is 0 Å². The number of hydrogen-bond donors (Lipinski definition) is 0. The van der Waals surface area contributed by atoms with Gasteiger partial charge in [0.2, 0.25) is 5.91 Å². The number of carbonyl (C=O) groups is 3. The maximum absolute atomic E-state index is 13.7. The molecule has 4 aromatic rings. The van der Waals surface area contributed by atoms with E-state index in [2.05, 4.69) is 6.07 Å². The van der Waals surface area contributed by atoms with Gasteiger partial charge in [-0.15, -0.1) is 11.3 Å². The Balaban J connectivity index is 1.42. The molecule has 0 radical (unpaired) electrons. The number of imide groups is 1. The Morgan fingerprint density at radius 3 is 2.46 bits per heavy atom. The van der Waals surface area contributed by atoms with E-state index in [1.54, 1.807) is 35.6 Å². The smallest absolute Gasteiger partial charge is 0.257 e. The largest absolute Gasteiger partial charge is 0.354 e. The molecule has 0 saturated carbocycles. The van der Waals surface area contributed by atoms with Crippen molar-refractivity contribution in [3.8, 4) is 10.6 Å². The quantitative estimate of drug-likeness (QED) is 0.230. The highest BCUT2D eigenvalue weighted by Crippen LogP contribution is 2.33. The Morgan fingerprint density at radius 2 is 1.77 bits per heavy atom. The molecule has 0 spiro atoms. The van der Waals surface area contributed by atoms with Gasteiger partial charge in [-0.05, 0) is 67.4 Å². The van der Waals surface area contributed by atoms with Crippen LogP contribution in [0.4, 0.5) is 5.69 Å². The molecule has 1 fully saturated rings. The normalized spacial score (nSPS) is 15.5. The van der Waals surface area contributed by atoms with Crippen LogP contribution in [0.2, 0.25) is 0 Å². The number of nitrogens with zero attached hydrogens (tertiary/aromatic N) is 3. The molecule has 1 saturated heterocycles. The minimum atomic E-state index is -0.982. The van der Waals surface area contributed by atoms with Crippen molar-refractivity contribution in [1.82, 2.24) is 9.88 Å². The van der Waals surface area contributed by atoms with Crippen LogP contribution in [0.1, 0.15) is 27.9 Å². The summed E-state index contributed by atoms with van der Waals surface area (Å²) in [5, 5.41) is 0.860. The summed E-state index contributed by atoms with van der Waals surface area (Å²) in [6.45, 7) is 3.87. The molecule has 2 heterocycles. The number of thiazole rings is 1. The molecule has 1 aliphatic heterocycles. The van der Waals surface area contributed by atoms with E-state index in [-0.39, 0.29) is 24.8 Å². The van der Waals surface area contributed by atoms with Crippen LogP contribution in [0.25, 0.3) is 20.8 Å². The molecule has 0 aliphatic carbocycles. The minimum absolute atomic E-state index is 0.00624. The van der Waals surface area contributed by atoms with E-state index in [4.69, 9.17) is 14.5 Å². The molecule has 3 amide bonds. The third-order valence-electron chi connectivity index (χ3n) is 6.92. The first-order chi connectivity index (χ1) is 18.8. The van der Waals surface area contributed by atoms with Gasteiger partial charge < -0.3 is 14.4 Å². The molecular formula is C30H29N3O5S. The molecule has 1 atom stereocenters. The first kappa shape index (κ1) is 26.7. The summed E-state index contributed by atoms with van der Waals surface area (Å²) in [7, 11) is 2.93. The van der Waals surface area contributed by atoms with Gasteiger partial charge in [0.1, 0.15) is 11.0 Å². The molecule has 3 aromatic carbocycles. The van der Waals surface area contributed by atoms with Crippen LogP contribution in [-0.2, 0) is 19.1 Å². The van der Waals surface area contributed by atoms with E-state index >= 15 is 0 Å². The average Bonchev–Trinajstić information content (AvgIpc) is 3.49. The Labute approximate surface area is 230 Å². The second-order valence-electron chi connectivity index (χ2n) is 9.50. The van der Waals surface area contributed by atoms with Crippen LogP contribution in [0.15, 0.2) is 66.7 Å². The molecule has 200 valence electrons. The summed E-state index contributed by atoms with van der Waals surface area (Å²) in [6.07, 6.45) is -0.887. The van der Waals surface area contributed by atoms with Crippen molar-refractivity contribution in [3.05, 3.63) is 83.4 Å². The van der Waals surface area contributed by atoms with Crippen LogP contribution in [-0.4, -0.2) is 60.7 Å². The number of fused-ring (bicyclic) bond motifs is 1. The molecule has 1 aromatic heterocycles. The highest BCUT2D eigenvalue weighted by Gasteiger charge is 2.45. The van der Waals surface area contributed by atoms with Crippen molar-refractivity contribution in [2.75, 3.05) is 25.7 Å². The van der Waals surface area contributed by atoms with E-state index in [1.807, 2.05) is 50.2 Å². The number of carbonyl (C=O) groups excluding carboxylic acids is 3. The van der Waals surface area contributed by atoms with Crippen molar-refractivity contribution in [2.45, 2.75) is 32.6 Å². The van der Waals surface area contributed by atoms with E-state index in [1.165, 1.54) is 24.7 Å². The molecule has 5 rings (SSSR count). The van der Waals surface area contributed by atoms with E-state index in [9.17, 15) is 14.4 Å². The Hall–Kier alpha value is -3.92. The number of aromatic nitrogens is 1. The van der Waals surface area contributed by atoms with Gasteiger partial charge >= 0.3 is 0 Å². The fraction of sp³-hybridized carbons (Fsp3) is 0.267. The second kappa shape index (κ2) is 11.1. The van der Waals surface area contributed by atoms with Gasteiger partial charge in [-0.1, -0.05) is 24.3 Å². The zero-order valence-corrected chi connectivity index (χ0v) is 23.0. The highest BCUT2D eigenvalue weighted by atomic mass is 32.1. The number of rotatable bonds is 8. The summed E-state index contributed by atoms with van der Waals surface area (Å²) in [5.74, 6) is -1.19. The predicted molar refractivity (Wildman–Crippen MR) is 151 cm³/mol. The number of benzene rings is 3. The lowest BCUT2D eigenvalue weighted by Gasteiger charge is -2.30. The monoisotopic (exact) mass is 543 g/mol. The highest BCUT2D eigenvalue weighted by molar-refractivity contribution is 7.21. The summed E-state index contributed by atoms with van der Waals surface area (Å²) in [5.41, 5.74) is 4.68. The van der Waals surface area contributed by atoms with Crippen LogP contribution < -0.4 is 4.90 Å². The van der Waals surface area contributed by atoms with Gasteiger partial charge in [0.15, 0.2) is 6.29 Å². The average molecular weight is 544 g/mol. The Bertz CT molecular complexity index is 1540. The summed E-state index contributed by atoms with van der Waals surface area (Å²) in [4.78, 5) is 47.7. The Kier molecular flexibility index (Phi) is 7.56. The fourth-order valence-corrected chi connectivity index (χ4v) is 5.83. The van der Waals surface area contributed by atoms with Gasteiger partial charge in [0.05, 0.1) is 28.9 Å². The standard InChI is InChI=1S/C30H29N3O5S/c1-18-9-14-23-25(15-18)39-28(31-23)20-10-12-21(13-11-20)33-26(34)16-24(30(33)36)32(17-27(37-3)38-4)29(35)22-8-6-5-7-19(22)2/h5-15,24,27H,16-17H2,1-4H3. The maximum Gasteiger partial charge on any atom is 0.257 e. The van der Waals surface area contributed by atoms with Crippen LogP contribution in [0.3, 0.4) is 0 Å². The third kappa shape index (κ3) is 5.21. The number of ether oxygens (including phenoxy) is 2. The maximum atomic E-state index is 13.7. The fourth-order valence-electron chi connectivity index (χ4n) is 4.76. The zero-order valence-electron chi connectivity index (χ0n) is 22.2. The van der Waals surface area contributed by atoms with E-state index in [0.717, 1.165) is 31.3 Å². The van der Waals surface area contributed by atoms with Gasteiger partial charge in [-0.25, -0.2) is 9.88 Å². The third-order valence-corrected chi connectivity index (χ3v) is 7.99. The lowest BCUT2D eigenvalue weighted by atomic mass is 10.1. The number of methoxy groups -OCH3 is 2. The van der Waals surface area contributed by atoms with Crippen LogP contribution in [0.5, 0.6) is 0 Å². The lowest BCUT2D eigenvalue weighted by molar-refractivity contribution is -0.128. The van der Waals surface area contributed by atoms with Crippen molar-refractivity contribution < 1.29 is 23.9 Å². The number of anilines is 1. The number of aryl methyl sites for hydroxylation is 2. The molecule has 8 nitrogen and oxygen atoms in total. The van der Waals surface area contributed by atoms with E-state index < -0.39 is 18.2 Å². The second-order valence-corrected chi connectivity index (χ2v) is 10.5. The minimum Gasteiger partial charge on any atom is -0.354 e. The SMILES string of the molecule is COC(CN(C(=O)c1ccccc1C)C1CC(=O)N(c2ccc(-c3nc4ccc(C)cc4s3)cc2)C1=O)OC. The number of hydrogen-bond acceptors (Lipinski definition) is 7. The molecule has 1 unspecified atom stereocenters. The number of amides is 3. The topological polar surface area (TPSA) is 89.0 Å². The van der Waals surface area contributed by atoms with Gasteiger partial charge in [0.25, 0.3) is 11.8 Å². The summed E-state index contributed by atoms with van der Waals surface area (Å²) >= 11 is 1.59. The summed E-state index contributed by atoms with van der Waals surface area (Å²) in [6, 6.07) is 19.5. The Morgan fingerprint density at radius 1 is 1.05 bits per heavy atom. The van der Waals surface area contributed by atoms with Crippen molar-refractivity contribution >= 4 is 45.0 Å². The lowest BCUT2D eigenvalue weighted by Crippen LogP contribution is -2.49. The van der Waals surface area contributed by atoms with Gasteiger partial charge in [-0.2, -0.15) is 0 Å². The molecule has 1 aliphatic rings. The zero-order chi connectivity index (χ0) is 27.7. The first-order valence-electron chi connectivity index (χ1n) is 12.6. The van der Waals surface area contributed by atoms with Crippen LogP contribution in [0, 0.1) is 13.8 Å². The predicted octanol–water partition coefficient (Wildman–Crippen LogP) is 4.97. The van der Waals surface area contributed by atoms with Crippen molar-refractivity contribution in [2.24, 2.45) is 0 Å². The summed E-state index contributed by atoms with van der Waals surface area (Å²) < 4.78 is 11.8. The van der Waals surface area contributed by atoms with Gasteiger partial charge in [-0.3, -0.25) is 14.4 Å². The molecule has 0 N–H and O–H groups in total. The molecule has 9 heteroatoms. The van der Waals surface area contributed by atoms with E-state index in [0.29, 0.717) is 11.3 Å². The van der Waals surface area contributed by atoms with Crippen LogP contribution >= 0.6 is 11.3 Å². The first-order valence-corrected chi connectivity index (χ1v) is 13.4. The molecule has 0 bridgehead atoms. The molecule has 39 heavy (non-hydrogen) atoms. The van der Waals surface area contributed by atoms with Crippen molar-refractivity contribution in [1.29, 1.82) is 0 Å².